The highest BCUT2D eigenvalue weighted by atomic mass is 19.1. The molecule has 0 aliphatic carbocycles. The van der Waals surface area contributed by atoms with Crippen molar-refractivity contribution < 1.29 is 4.39 Å². The maximum absolute atomic E-state index is 12.9. The highest BCUT2D eigenvalue weighted by Crippen LogP contribution is 2.08. The molecule has 0 saturated heterocycles. The number of halogens is 1. The molecule has 1 unspecified atom stereocenters. The number of rotatable bonds is 7. The van der Waals surface area contributed by atoms with E-state index in [1.807, 2.05) is 12.1 Å². The zero-order valence-corrected chi connectivity index (χ0v) is 11.9. The zero-order valence-electron chi connectivity index (χ0n) is 11.9. The Bertz CT molecular complexity index is 523. The molecule has 0 fully saturated rings. The molecule has 1 heterocycles. The minimum atomic E-state index is -0.206. The van der Waals surface area contributed by atoms with Crippen LogP contribution in [-0.4, -0.2) is 32.8 Å². The second-order valence-electron chi connectivity index (χ2n) is 4.88. The van der Waals surface area contributed by atoms with Crippen LogP contribution in [0.4, 0.5) is 4.39 Å². The first-order valence-corrected chi connectivity index (χ1v) is 6.88. The first-order chi connectivity index (χ1) is 9.67. The van der Waals surface area contributed by atoms with E-state index in [0.717, 1.165) is 30.8 Å². The molecule has 1 atom stereocenters. The van der Waals surface area contributed by atoms with Gasteiger partial charge in [-0.25, -0.2) is 4.39 Å². The van der Waals surface area contributed by atoms with Gasteiger partial charge in [0.25, 0.3) is 0 Å². The first kappa shape index (κ1) is 14.6. The Morgan fingerprint density at radius 3 is 2.60 bits per heavy atom. The average molecular weight is 277 g/mol. The number of nitrogens with one attached hydrogen (secondary N) is 1. The Morgan fingerprint density at radius 1 is 1.25 bits per heavy atom. The van der Waals surface area contributed by atoms with Crippen molar-refractivity contribution in [1.82, 2.24) is 25.5 Å². The summed E-state index contributed by atoms with van der Waals surface area (Å²) in [5, 5.41) is 15.6. The topological polar surface area (TPSA) is 55.6 Å². The summed E-state index contributed by atoms with van der Waals surface area (Å²) < 4.78 is 12.9. The van der Waals surface area contributed by atoms with E-state index < -0.39 is 0 Å². The Hall–Kier alpha value is -1.82. The Morgan fingerprint density at radius 2 is 2.00 bits per heavy atom. The fourth-order valence-corrected chi connectivity index (χ4v) is 2.10. The Balaban J connectivity index is 2.00. The molecule has 1 aromatic carbocycles. The van der Waals surface area contributed by atoms with Gasteiger partial charge in [-0.2, -0.15) is 4.80 Å². The van der Waals surface area contributed by atoms with E-state index in [2.05, 4.69) is 27.7 Å². The van der Waals surface area contributed by atoms with E-state index in [-0.39, 0.29) is 11.9 Å². The summed E-state index contributed by atoms with van der Waals surface area (Å²) in [6, 6.07) is 6.85. The number of hydrogen-bond donors (Lipinski definition) is 1. The van der Waals surface area contributed by atoms with Crippen molar-refractivity contribution in [2.24, 2.45) is 7.05 Å². The summed E-state index contributed by atoms with van der Waals surface area (Å²) in [5.41, 5.74) is 1.10. The molecule has 108 valence electrons. The van der Waals surface area contributed by atoms with Gasteiger partial charge in [0.15, 0.2) is 5.82 Å². The summed E-state index contributed by atoms with van der Waals surface area (Å²) in [6.07, 6.45) is 2.59. The third-order valence-corrected chi connectivity index (χ3v) is 3.06. The average Bonchev–Trinajstić information content (AvgIpc) is 2.84. The highest BCUT2D eigenvalue weighted by molar-refractivity contribution is 5.17. The standard InChI is InChI=1S/C14H20FN5/c1-3-8-16-13(10-14-17-19-20(2)18-14)9-11-4-6-12(15)7-5-11/h4-7,13,16H,3,8-10H2,1-2H3. The van der Waals surface area contributed by atoms with E-state index in [0.29, 0.717) is 6.42 Å². The number of benzene rings is 1. The Kier molecular flexibility index (Phi) is 5.17. The van der Waals surface area contributed by atoms with Crippen molar-refractivity contribution in [3.63, 3.8) is 0 Å². The molecule has 1 N–H and O–H groups in total. The molecule has 2 rings (SSSR count). The zero-order chi connectivity index (χ0) is 14.4. The summed E-state index contributed by atoms with van der Waals surface area (Å²) >= 11 is 0. The normalized spacial score (nSPS) is 12.6. The summed E-state index contributed by atoms with van der Waals surface area (Å²) in [4.78, 5) is 1.46. The van der Waals surface area contributed by atoms with Gasteiger partial charge in [0.1, 0.15) is 5.82 Å². The molecule has 2 aromatic rings. The lowest BCUT2D eigenvalue weighted by Gasteiger charge is -2.17. The quantitative estimate of drug-likeness (QED) is 0.833. The van der Waals surface area contributed by atoms with Crippen molar-refractivity contribution in [3.8, 4) is 0 Å². The fraction of sp³-hybridized carbons (Fsp3) is 0.500. The number of hydrogen-bond acceptors (Lipinski definition) is 4. The molecule has 20 heavy (non-hydrogen) atoms. The van der Waals surface area contributed by atoms with Gasteiger partial charge in [0.2, 0.25) is 0 Å². The van der Waals surface area contributed by atoms with E-state index in [4.69, 9.17) is 0 Å². The number of aromatic nitrogens is 4. The second-order valence-corrected chi connectivity index (χ2v) is 4.88. The first-order valence-electron chi connectivity index (χ1n) is 6.88. The van der Waals surface area contributed by atoms with Gasteiger partial charge in [0, 0.05) is 12.5 Å². The van der Waals surface area contributed by atoms with Crippen molar-refractivity contribution >= 4 is 0 Å². The van der Waals surface area contributed by atoms with Crippen LogP contribution < -0.4 is 5.32 Å². The van der Waals surface area contributed by atoms with E-state index in [1.165, 1.54) is 16.9 Å². The van der Waals surface area contributed by atoms with Crippen LogP contribution in [0.15, 0.2) is 24.3 Å². The van der Waals surface area contributed by atoms with Gasteiger partial charge in [-0.3, -0.25) is 0 Å². The summed E-state index contributed by atoms with van der Waals surface area (Å²) in [7, 11) is 1.75. The van der Waals surface area contributed by atoms with Crippen LogP contribution in [0.25, 0.3) is 0 Å². The number of tetrazole rings is 1. The lowest BCUT2D eigenvalue weighted by atomic mass is 10.0. The van der Waals surface area contributed by atoms with Gasteiger partial charge in [-0.15, -0.1) is 10.2 Å². The van der Waals surface area contributed by atoms with Crippen LogP contribution in [0.1, 0.15) is 24.7 Å². The van der Waals surface area contributed by atoms with Crippen molar-refractivity contribution in [3.05, 3.63) is 41.5 Å². The molecular weight excluding hydrogens is 257 g/mol. The van der Waals surface area contributed by atoms with E-state index >= 15 is 0 Å². The second kappa shape index (κ2) is 7.09. The van der Waals surface area contributed by atoms with E-state index in [1.54, 1.807) is 7.05 Å². The minimum absolute atomic E-state index is 0.206. The van der Waals surface area contributed by atoms with Crippen molar-refractivity contribution in [2.75, 3.05) is 6.54 Å². The summed E-state index contributed by atoms with van der Waals surface area (Å²) in [5.74, 6) is 0.519. The SMILES string of the molecule is CCCNC(Cc1ccc(F)cc1)Cc1nnn(C)n1. The molecule has 0 spiro atoms. The molecule has 0 amide bonds. The van der Waals surface area contributed by atoms with Crippen LogP contribution >= 0.6 is 0 Å². The molecule has 0 aliphatic heterocycles. The molecule has 0 bridgehead atoms. The monoisotopic (exact) mass is 277 g/mol. The van der Waals surface area contributed by atoms with Crippen LogP contribution in [0.3, 0.4) is 0 Å². The van der Waals surface area contributed by atoms with Crippen LogP contribution in [0, 0.1) is 5.82 Å². The highest BCUT2D eigenvalue weighted by Gasteiger charge is 2.13. The maximum Gasteiger partial charge on any atom is 0.176 e. The van der Waals surface area contributed by atoms with Crippen LogP contribution in [0.5, 0.6) is 0 Å². The molecule has 5 nitrogen and oxygen atoms in total. The smallest absolute Gasteiger partial charge is 0.176 e. The van der Waals surface area contributed by atoms with Gasteiger partial charge >= 0.3 is 0 Å². The molecular formula is C14H20FN5. The lowest BCUT2D eigenvalue weighted by molar-refractivity contribution is 0.493. The molecule has 1 aromatic heterocycles. The number of nitrogens with zero attached hydrogens (tertiary/aromatic N) is 4. The van der Waals surface area contributed by atoms with Gasteiger partial charge in [-0.1, -0.05) is 19.1 Å². The molecule has 6 heteroatoms. The predicted molar refractivity (Wildman–Crippen MR) is 74.7 cm³/mol. The van der Waals surface area contributed by atoms with Gasteiger partial charge in [0.05, 0.1) is 7.05 Å². The van der Waals surface area contributed by atoms with E-state index in [9.17, 15) is 4.39 Å². The van der Waals surface area contributed by atoms with Gasteiger partial charge in [-0.05, 0) is 42.3 Å². The predicted octanol–water partition coefficient (Wildman–Crippen LogP) is 1.50. The number of aryl methyl sites for hydroxylation is 1. The maximum atomic E-state index is 12.9. The minimum Gasteiger partial charge on any atom is -0.313 e. The van der Waals surface area contributed by atoms with Crippen LogP contribution in [0.2, 0.25) is 0 Å². The Labute approximate surface area is 118 Å². The fourth-order valence-electron chi connectivity index (χ4n) is 2.10. The third-order valence-electron chi connectivity index (χ3n) is 3.06. The molecule has 0 radical (unpaired) electrons. The van der Waals surface area contributed by atoms with Gasteiger partial charge < -0.3 is 5.32 Å². The molecule has 0 aliphatic rings. The van der Waals surface area contributed by atoms with Crippen molar-refractivity contribution in [1.29, 1.82) is 0 Å². The summed E-state index contributed by atoms with van der Waals surface area (Å²) in [6.45, 7) is 3.06. The van der Waals surface area contributed by atoms with Crippen LogP contribution in [-0.2, 0) is 19.9 Å². The van der Waals surface area contributed by atoms with Crippen molar-refractivity contribution in [2.45, 2.75) is 32.2 Å². The lowest BCUT2D eigenvalue weighted by Crippen LogP contribution is -2.34. The third kappa shape index (κ3) is 4.38. The molecule has 0 saturated carbocycles. The largest absolute Gasteiger partial charge is 0.313 e.